The van der Waals surface area contributed by atoms with Crippen LogP contribution < -0.4 is 29.0 Å². The number of ether oxygens (including phenoxy) is 5. The Labute approximate surface area is 240 Å². The fourth-order valence-corrected chi connectivity index (χ4v) is 6.36. The van der Waals surface area contributed by atoms with Crippen LogP contribution in [0.25, 0.3) is 0 Å². The van der Waals surface area contributed by atoms with Gasteiger partial charge in [0.25, 0.3) is 5.91 Å². The first-order valence-electron chi connectivity index (χ1n) is 13.2. The Kier molecular flexibility index (Phi) is 8.93. The van der Waals surface area contributed by atoms with Crippen molar-refractivity contribution in [2.24, 2.45) is 16.3 Å². The number of fused-ring (bicyclic) bond motifs is 1. The molecule has 0 bridgehead atoms. The van der Waals surface area contributed by atoms with Gasteiger partial charge in [-0.2, -0.15) is 0 Å². The van der Waals surface area contributed by atoms with E-state index in [1.807, 2.05) is 6.07 Å². The molecule has 1 N–H and O–H groups in total. The van der Waals surface area contributed by atoms with E-state index >= 15 is 0 Å². The Bertz CT molecular complexity index is 1410. The van der Waals surface area contributed by atoms with Crippen LogP contribution in [0.1, 0.15) is 53.6 Å². The number of aliphatic imine (C=N–C) groups is 1. The minimum Gasteiger partial charge on any atom is -0.497 e. The lowest BCUT2D eigenvalue weighted by atomic mass is 9.72. The molecule has 1 amide bonds. The molecule has 0 saturated carbocycles. The molecule has 1 heterocycles. The summed E-state index contributed by atoms with van der Waals surface area (Å²) in [6.07, 6.45) is 4.47. The largest absolute Gasteiger partial charge is 0.497 e. The summed E-state index contributed by atoms with van der Waals surface area (Å²) in [4.78, 5) is 20.0. The van der Waals surface area contributed by atoms with Gasteiger partial charge in [0, 0.05) is 22.7 Å². The zero-order valence-electron chi connectivity index (χ0n) is 24.5. The molecule has 0 radical (unpaired) electrons. The molecule has 1 aliphatic carbocycles. The topological polar surface area (TPSA) is 87.6 Å². The molecule has 214 valence electrons. The highest BCUT2D eigenvalue weighted by atomic mass is 32.1. The summed E-state index contributed by atoms with van der Waals surface area (Å²) in [7, 11) is 7.88. The van der Waals surface area contributed by atoms with Crippen LogP contribution in [0, 0.1) is 11.3 Å². The quantitative estimate of drug-likeness (QED) is 0.282. The van der Waals surface area contributed by atoms with Gasteiger partial charge in [0.2, 0.25) is 5.75 Å². The van der Waals surface area contributed by atoms with Crippen molar-refractivity contribution in [1.82, 2.24) is 0 Å². The van der Waals surface area contributed by atoms with Gasteiger partial charge in [-0.3, -0.25) is 4.79 Å². The normalized spacial score (nSPS) is 14.9. The SMILES string of the molecule is COc1ccc(OC)c(NC(=O)c2c(N=Cc3ccc(OC)c(OC)c3OC)sc3c2CC[C@@H](C(C)(C)C)C3)c1. The van der Waals surface area contributed by atoms with Crippen LogP contribution in [0.15, 0.2) is 35.3 Å². The third kappa shape index (κ3) is 5.89. The molecule has 8 nitrogen and oxygen atoms in total. The molecule has 1 aromatic heterocycles. The van der Waals surface area contributed by atoms with Crippen molar-refractivity contribution in [2.45, 2.75) is 40.0 Å². The molecule has 3 aromatic rings. The first kappa shape index (κ1) is 29.3. The van der Waals surface area contributed by atoms with Gasteiger partial charge in [-0.1, -0.05) is 20.8 Å². The number of thiophene rings is 1. The maximum atomic E-state index is 13.9. The number of carbonyl (C=O) groups excluding carboxylic acids is 1. The molecule has 40 heavy (non-hydrogen) atoms. The lowest BCUT2D eigenvalue weighted by Gasteiger charge is -2.33. The van der Waals surface area contributed by atoms with Crippen LogP contribution in [0.4, 0.5) is 10.7 Å². The summed E-state index contributed by atoms with van der Waals surface area (Å²) in [5.74, 6) is 3.01. The van der Waals surface area contributed by atoms with Gasteiger partial charge in [-0.05, 0) is 60.4 Å². The van der Waals surface area contributed by atoms with E-state index in [1.165, 1.54) is 4.88 Å². The van der Waals surface area contributed by atoms with Crippen molar-refractivity contribution in [2.75, 3.05) is 40.9 Å². The van der Waals surface area contributed by atoms with E-state index in [2.05, 4.69) is 26.1 Å². The summed E-state index contributed by atoms with van der Waals surface area (Å²) in [5.41, 5.74) is 3.07. The fraction of sp³-hybridized carbons (Fsp3) is 0.419. The van der Waals surface area contributed by atoms with E-state index in [-0.39, 0.29) is 11.3 Å². The molecular weight excluding hydrogens is 528 g/mol. The molecular formula is C31H38N2O6S. The minimum absolute atomic E-state index is 0.175. The van der Waals surface area contributed by atoms with Gasteiger partial charge < -0.3 is 29.0 Å². The smallest absolute Gasteiger partial charge is 0.259 e. The lowest BCUT2D eigenvalue weighted by molar-refractivity contribution is 0.102. The summed E-state index contributed by atoms with van der Waals surface area (Å²) in [6, 6.07) is 8.97. The van der Waals surface area contributed by atoms with Gasteiger partial charge in [0.1, 0.15) is 16.5 Å². The molecule has 0 aliphatic heterocycles. The Morgan fingerprint density at radius 2 is 1.65 bits per heavy atom. The molecule has 9 heteroatoms. The van der Waals surface area contributed by atoms with Gasteiger partial charge >= 0.3 is 0 Å². The Hall–Kier alpha value is -3.72. The van der Waals surface area contributed by atoms with Gasteiger partial charge in [0.15, 0.2) is 11.5 Å². The van der Waals surface area contributed by atoms with Crippen molar-refractivity contribution in [3.8, 4) is 28.7 Å². The molecule has 2 aromatic carbocycles. The highest BCUT2D eigenvalue weighted by Crippen LogP contribution is 2.46. The fourth-order valence-electron chi connectivity index (χ4n) is 5.09. The second-order valence-corrected chi connectivity index (χ2v) is 11.8. The van der Waals surface area contributed by atoms with E-state index in [4.69, 9.17) is 28.7 Å². The van der Waals surface area contributed by atoms with Crippen LogP contribution in [0.5, 0.6) is 28.7 Å². The maximum absolute atomic E-state index is 13.9. The molecule has 0 fully saturated rings. The Morgan fingerprint density at radius 1 is 0.950 bits per heavy atom. The number of hydrogen-bond donors (Lipinski definition) is 1. The molecule has 4 rings (SSSR count). The second kappa shape index (κ2) is 12.2. The number of nitrogens with zero attached hydrogens (tertiary/aromatic N) is 1. The Balaban J connectivity index is 1.78. The zero-order chi connectivity index (χ0) is 29.0. The van der Waals surface area contributed by atoms with Crippen molar-refractivity contribution in [3.05, 3.63) is 51.9 Å². The van der Waals surface area contributed by atoms with Crippen molar-refractivity contribution in [3.63, 3.8) is 0 Å². The number of carbonyl (C=O) groups is 1. The first-order chi connectivity index (χ1) is 19.1. The number of anilines is 1. The van der Waals surface area contributed by atoms with E-state index in [0.29, 0.717) is 56.5 Å². The highest BCUT2D eigenvalue weighted by Gasteiger charge is 2.34. The molecule has 0 spiro atoms. The monoisotopic (exact) mass is 566 g/mol. The predicted molar refractivity (Wildman–Crippen MR) is 160 cm³/mol. The number of benzene rings is 2. The average molecular weight is 567 g/mol. The first-order valence-corrected chi connectivity index (χ1v) is 14.0. The third-order valence-electron chi connectivity index (χ3n) is 7.41. The standard InChI is InChI=1S/C31H38N2O6S/c1-31(2,3)19-10-12-21-25(15-19)40-30(32-17-18-9-13-24(37-6)28(39-8)27(18)38-7)26(21)29(34)33-22-16-20(35-4)11-14-23(22)36-5/h9,11,13-14,16-17,19H,10,12,15H2,1-8H3,(H,33,34)/t19-/m1/s1. The molecule has 1 aliphatic rings. The number of amides is 1. The van der Waals surface area contributed by atoms with Crippen LogP contribution >= 0.6 is 11.3 Å². The predicted octanol–water partition coefficient (Wildman–Crippen LogP) is 6.95. The molecule has 0 saturated heterocycles. The van der Waals surface area contributed by atoms with Crippen LogP contribution in [0.2, 0.25) is 0 Å². The maximum Gasteiger partial charge on any atom is 0.259 e. The van der Waals surface area contributed by atoms with Crippen molar-refractivity contribution >= 4 is 34.1 Å². The number of hydrogen-bond acceptors (Lipinski definition) is 8. The highest BCUT2D eigenvalue weighted by molar-refractivity contribution is 7.16. The molecule has 1 atom stereocenters. The Morgan fingerprint density at radius 3 is 2.27 bits per heavy atom. The van der Waals surface area contributed by atoms with Gasteiger partial charge in [0.05, 0.1) is 46.8 Å². The number of methoxy groups -OCH3 is 5. The third-order valence-corrected chi connectivity index (χ3v) is 8.57. The summed E-state index contributed by atoms with van der Waals surface area (Å²) in [5, 5.41) is 3.70. The second-order valence-electron chi connectivity index (χ2n) is 10.7. The van der Waals surface area contributed by atoms with E-state index < -0.39 is 0 Å². The molecule has 0 unspecified atom stereocenters. The summed E-state index contributed by atoms with van der Waals surface area (Å²) in [6.45, 7) is 6.84. The average Bonchev–Trinajstić information content (AvgIpc) is 3.32. The summed E-state index contributed by atoms with van der Waals surface area (Å²) < 4.78 is 27.4. The van der Waals surface area contributed by atoms with Crippen LogP contribution in [-0.2, 0) is 12.8 Å². The number of rotatable bonds is 9. The zero-order valence-corrected chi connectivity index (χ0v) is 25.3. The lowest BCUT2D eigenvalue weighted by Crippen LogP contribution is -2.27. The summed E-state index contributed by atoms with van der Waals surface area (Å²) >= 11 is 1.58. The van der Waals surface area contributed by atoms with Gasteiger partial charge in [-0.15, -0.1) is 11.3 Å². The van der Waals surface area contributed by atoms with E-state index in [0.717, 1.165) is 24.8 Å². The van der Waals surface area contributed by atoms with Crippen molar-refractivity contribution < 1.29 is 28.5 Å². The van der Waals surface area contributed by atoms with Gasteiger partial charge in [-0.25, -0.2) is 4.99 Å². The minimum atomic E-state index is -0.232. The van der Waals surface area contributed by atoms with E-state index in [1.54, 1.807) is 77.4 Å². The number of nitrogens with one attached hydrogen (secondary N) is 1. The van der Waals surface area contributed by atoms with Crippen LogP contribution in [0.3, 0.4) is 0 Å². The van der Waals surface area contributed by atoms with E-state index in [9.17, 15) is 4.79 Å². The van der Waals surface area contributed by atoms with Crippen LogP contribution in [-0.4, -0.2) is 47.7 Å². The van der Waals surface area contributed by atoms with Crippen molar-refractivity contribution in [1.29, 1.82) is 0 Å².